The molecule has 2 aromatic carbocycles. The van der Waals surface area contributed by atoms with Crippen LogP contribution in [0.25, 0.3) is 0 Å². The molecule has 30 heavy (non-hydrogen) atoms. The summed E-state index contributed by atoms with van der Waals surface area (Å²) >= 11 is 1.73. The van der Waals surface area contributed by atoms with Crippen molar-refractivity contribution in [3.63, 3.8) is 0 Å². The molecule has 0 radical (unpaired) electrons. The number of anilines is 1. The monoisotopic (exact) mass is 415 g/mol. The summed E-state index contributed by atoms with van der Waals surface area (Å²) in [5, 5.41) is 9.92. The molecule has 0 N–H and O–H groups in total. The fourth-order valence-electron chi connectivity index (χ4n) is 3.59. The first-order valence-corrected chi connectivity index (χ1v) is 11.2. The average Bonchev–Trinajstić information content (AvgIpc) is 3.05. The number of nitriles is 1. The molecule has 1 aliphatic rings. The molecule has 6 heteroatoms. The van der Waals surface area contributed by atoms with Crippen molar-refractivity contribution in [3.05, 3.63) is 83.7 Å². The van der Waals surface area contributed by atoms with E-state index in [0.29, 0.717) is 5.56 Å². The van der Waals surface area contributed by atoms with Gasteiger partial charge in [0.15, 0.2) is 0 Å². The Morgan fingerprint density at radius 2 is 1.73 bits per heavy atom. The second-order valence-corrected chi connectivity index (χ2v) is 8.41. The molecule has 1 fully saturated rings. The molecule has 1 saturated heterocycles. The Balaban J connectivity index is 1.34. The number of hydrogen-bond donors (Lipinski definition) is 0. The van der Waals surface area contributed by atoms with E-state index >= 15 is 0 Å². The minimum absolute atomic E-state index is 0.712. The third kappa shape index (κ3) is 5.59. The van der Waals surface area contributed by atoms with Gasteiger partial charge in [-0.3, -0.25) is 9.88 Å². The molecule has 0 saturated carbocycles. The summed E-state index contributed by atoms with van der Waals surface area (Å²) in [5.74, 6) is 1.87. The summed E-state index contributed by atoms with van der Waals surface area (Å²) in [7, 11) is 0. The maximum Gasteiger partial charge on any atom is 0.148 e. The Morgan fingerprint density at radius 3 is 2.53 bits per heavy atom. The van der Waals surface area contributed by atoms with Gasteiger partial charge in [-0.1, -0.05) is 42.5 Å². The van der Waals surface area contributed by atoms with Crippen molar-refractivity contribution in [3.8, 4) is 6.07 Å². The zero-order valence-electron chi connectivity index (χ0n) is 16.9. The maximum absolute atomic E-state index is 8.96. The Kier molecular flexibility index (Phi) is 6.96. The predicted molar refractivity (Wildman–Crippen MR) is 121 cm³/mol. The first kappa shape index (κ1) is 20.4. The van der Waals surface area contributed by atoms with Gasteiger partial charge in [-0.25, -0.2) is 4.98 Å². The van der Waals surface area contributed by atoms with Gasteiger partial charge in [-0.15, -0.1) is 11.8 Å². The van der Waals surface area contributed by atoms with Gasteiger partial charge in [0, 0.05) is 38.5 Å². The SMILES string of the molecule is N#Cc1ccc(CN2CCCN(c3cncc(SCc4ccccc4)n3)CC2)cc1. The molecule has 1 aliphatic heterocycles. The van der Waals surface area contributed by atoms with Crippen LogP contribution in [0.1, 0.15) is 23.1 Å². The van der Waals surface area contributed by atoms with E-state index in [9.17, 15) is 0 Å². The molecule has 1 aromatic heterocycles. The molecular weight excluding hydrogens is 390 g/mol. The number of hydrogen-bond acceptors (Lipinski definition) is 6. The minimum atomic E-state index is 0.712. The van der Waals surface area contributed by atoms with Gasteiger partial charge < -0.3 is 4.90 Å². The van der Waals surface area contributed by atoms with Crippen LogP contribution in [0.3, 0.4) is 0 Å². The number of nitrogens with zero attached hydrogens (tertiary/aromatic N) is 5. The van der Waals surface area contributed by atoms with Crippen LogP contribution in [0, 0.1) is 11.3 Å². The molecule has 0 atom stereocenters. The summed E-state index contributed by atoms with van der Waals surface area (Å²) < 4.78 is 0. The average molecular weight is 416 g/mol. The van der Waals surface area contributed by atoms with Crippen molar-refractivity contribution in [1.82, 2.24) is 14.9 Å². The lowest BCUT2D eigenvalue weighted by atomic mass is 10.1. The number of rotatable bonds is 6. The lowest BCUT2D eigenvalue weighted by Crippen LogP contribution is -2.31. The lowest BCUT2D eigenvalue weighted by Gasteiger charge is -2.23. The second kappa shape index (κ2) is 10.2. The van der Waals surface area contributed by atoms with Crippen molar-refractivity contribution < 1.29 is 0 Å². The minimum Gasteiger partial charge on any atom is -0.354 e. The largest absolute Gasteiger partial charge is 0.354 e. The van der Waals surface area contributed by atoms with Crippen LogP contribution in [-0.4, -0.2) is 41.0 Å². The van der Waals surface area contributed by atoms with E-state index in [0.717, 1.165) is 55.7 Å². The summed E-state index contributed by atoms with van der Waals surface area (Å²) in [4.78, 5) is 14.1. The topological polar surface area (TPSA) is 56.1 Å². The summed E-state index contributed by atoms with van der Waals surface area (Å²) in [5.41, 5.74) is 3.26. The third-order valence-corrected chi connectivity index (χ3v) is 6.20. The molecule has 0 spiro atoms. The fraction of sp³-hybridized carbons (Fsp3) is 0.292. The molecule has 3 aromatic rings. The Hall–Kier alpha value is -2.88. The first-order chi connectivity index (χ1) is 14.8. The quantitative estimate of drug-likeness (QED) is 0.558. The normalized spacial score (nSPS) is 14.8. The molecule has 0 bridgehead atoms. The molecule has 152 valence electrons. The standard InChI is InChI=1S/C24H25N5S/c25-15-20-7-9-21(10-8-20)18-28-11-4-12-29(14-13-28)23-16-26-17-24(27-23)30-19-22-5-2-1-3-6-22/h1-3,5-10,16-17H,4,11-14,18-19H2. The van der Waals surface area contributed by atoms with Gasteiger partial charge in [0.1, 0.15) is 10.8 Å². The van der Waals surface area contributed by atoms with Crippen molar-refractivity contribution >= 4 is 17.6 Å². The van der Waals surface area contributed by atoms with Gasteiger partial charge >= 0.3 is 0 Å². The van der Waals surface area contributed by atoms with E-state index < -0.39 is 0 Å². The van der Waals surface area contributed by atoms with Gasteiger partial charge in [0.05, 0.1) is 24.0 Å². The summed E-state index contributed by atoms with van der Waals surface area (Å²) in [6.07, 6.45) is 4.83. The number of benzene rings is 2. The smallest absolute Gasteiger partial charge is 0.148 e. The van der Waals surface area contributed by atoms with Crippen molar-refractivity contribution in [2.24, 2.45) is 0 Å². The molecule has 5 nitrogen and oxygen atoms in total. The highest BCUT2D eigenvalue weighted by molar-refractivity contribution is 7.98. The zero-order chi connectivity index (χ0) is 20.6. The van der Waals surface area contributed by atoms with E-state index in [1.807, 2.05) is 30.6 Å². The van der Waals surface area contributed by atoms with Crippen molar-refractivity contribution in [2.75, 3.05) is 31.1 Å². The van der Waals surface area contributed by atoms with Crippen LogP contribution in [0.2, 0.25) is 0 Å². The molecule has 0 unspecified atom stereocenters. The van der Waals surface area contributed by atoms with Gasteiger partial charge in [0.2, 0.25) is 0 Å². The van der Waals surface area contributed by atoms with Crippen LogP contribution < -0.4 is 4.90 Å². The number of aromatic nitrogens is 2. The van der Waals surface area contributed by atoms with E-state index in [-0.39, 0.29) is 0 Å². The van der Waals surface area contributed by atoms with Crippen LogP contribution in [0.5, 0.6) is 0 Å². The van der Waals surface area contributed by atoms with E-state index in [2.05, 4.69) is 57.3 Å². The van der Waals surface area contributed by atoms with E-state index in [1.165, 1.54) is 11.1 Å². The number of thioether (sulfide) groups is 1. The van der Waals surface area contributed by atoms with Gasteiger partial charge in [0.25, 0.3) is 0 Å². The molecule has 4 rings (SSSR count). The lowest BCUT2D eigenvalue weighted by molar-refractivity contribution is 0.285. The Labute approximate surface area is 182 Å². The van der Waals surface area contributed by atoms with Gasteiger partial charge in [-0.05, 0) is 29.7 Å². The fourth-order valence-corrected chi connectivity index (χ4v) is 4.39. The first-order valence-electron chi connectivity index (χ1n) is 10.3. The predicted octanol–water partition coefficient (Wildman–Crippen LogP) is 4.35. The molecule has 0 amide bonds. The highest BCUT2D eigenvalue weighted by Gasteiger charge is 2.17. The third-order valence-electron chi connectivity index (χ3n) is 5.23. The second-order valence-electron chi connectivity index (χ2n) is 7.42. The van der Waals surface area contributed by atoms with Crippen molar-refractivity contribution in [1.29, 1.82) is 5.26 Å². The van der Waals surface area contributed by atoms with Crippen LogP contribution in [0.4, 0.5) is 5.82 Å². The van der Waals surface area contributed by atoms with Crippen LogP contribution in [-0.2, 0) is 12.3 Å². The van der Waals surface area contributed by atoms with Crippen LogP contribution >= 0.6 is 11.8 Å². The zero-order valence-corrected chi connectivity index (χ0v) is 17.8. The van der Waals surface area contributed by atoms with Gasteiger partial charge in [-0.2, -0.15) is 5.26 Å². The highest BCUT2D eigenvalue weighted by Crippen LogP contribution is 2.23. The Morgan fingerprint density at radius 1 is 0.900 bits per heavy atom. The summed E-state index contributed by atoms with van der Waals surface area (Å²) in [6.45, 7) is 4.90. The Bertz CT molecular complexity index is 984. The maximum atomic E-state index is 8.96. The molecular formula is C24H25N5S. The molecule has 0 aliphatic carbocycles. The van der Waals surface area contributed by atoms with Crippen LogP contribution in [0.15, 0.2) is 72.0 Å². The van der Waals surface area contributed by atoms with Crippen molar-refractivity contribution in [2.45, 2.75) is 23.7 Å². The highest BCUT2D eigenvalue weighted by atomic mass is 32.2. The molecule has 2 heterocycles. The van der Waals surface area contributed by atoms with E-state index in [1.54, 1.807) is 11.8 Å². The summed E-state index contributed by atoms with van der Waals surface area (Å²) in [6, 6.07) is 20.5. The van der Waals surface area contributed by atoms with E-state index in [4.69, 9.17) is 10.2 Å².